The SMILES string of the molecule is CC1(C)CC(NC(=O)NCCNC(=O)OC(C)(C)C)CC(C)(C)N1. The van der Waals surface area contributed by atoms with Crippen molar-refractivity contribution in [3.63, 3.8) is 0 Å². The van der Waals surface area contributed by atoms with Crippen molar-refractivity contribution in [3.8, 4) is 0 Å². The molecule has 0 atom stereocenters. The summed E-state index contributed by atoms with van der Waals surface area (Å²) in [6.07, 6.45) is 1.27. The summed E-state index contributed by atoms with van der Waals surface area (Å²) in [6, 6.07) is -0.0884. The standard InChI is InChI=1S/C17H34N4O3/c1-15(2,3)24-14(23)19-9-8-18-13(22)20-12-10-16(4,5)21-17(6,7)11-12/h12,21H,8-11H2,1-7H3,(H,19,23)(H2,18,20,22). The maximum atomic E-state index is 12.0. The highest BCUT2D eigenvalue weighted by atomic mass is 16.6. The van der Waals surface area contributed by atoms with Gasteiger partial charge in [-0.2, -0.15) is 0 Å². The number of alkyl carbamates (subject to hydrolysis) is 1. The molecule has 1 heterocycles. The van der Waals surface area contributed by atoms with Crippen LogP contribution in [0.1, 0.15) is 61.3 Å². The van der Waals surface area contributed by atoms with Crippen LogP contribution in [-0.2, 0) is 4.74 Å². The number of carbonyl (C=O) groups is 2. The van der Waals surface area contributed by atoms with Gasteiger partial charge in [0.05, 0.1) is 0 Å². The Balaban J connectivity index is 2.28. The number of nitrogens with one attached hydrogen (secondary N) is 4. The van der Waals surface area contributed by atoms with Crippen LogP contribution < -0.4 is 21.3 Å². The summed E-state index contributed by atoms with van der Waals surface area (Å²) >= 11 is 0. The van der Waals surface area contributed by atoms with E-state index in [4.69, 9.17) is 4.74 Å². The van der Waals surface area contributed by atoms with E-state index in [9.17, 15) is 9.59 Å². The number of hydrogen-bond donors (Lipinski definition) is 4. The van der Waals surface area contributed by atoms with E-state index in [1.54, 1.807) is 20.8 Å². The highest BCUT2D eigenvalue weighted by molar-refractivity contribution is 5.74. The summed E-state index contributed by atoms with van der Waals surface area (Å²) in [5, 5.41) is 12.0. The first-order valence-electron chi connectivity index (χ1n) is 8.59. The predicted octanol–water partition coefficient (Wildman–Crippen LogP) is 2.12. The number of amides is 3. The highest BCUT2D eigenvalue weighted by Crippen LogP contribution is 2.28. The first kappa shape index (κ1) is 20.5. The van der Waals surface area contributed by atoms with Gasteiger partial charge in [0.1, 0.15) is 5.60 Å². The van der Waals surface area contributed by atoms with Gasteiger partial charge < -0.3 is 26.0 Å². The third-order valence-corrected chi connectivity index (χ3v) is 3.60. The van der Waals surface area contributed by atoms with Crippen LogP contribution in [0.25, 0.3) is 0 Å². The molecule has 1 fully saturated rings. The Kier molecular flexibility index (Phi) is 6.50. The smallest absolute Gasteiger partial charge is 0.407 e. The van der Waals surface area contributed by atoms with Crippen LogP contribution in [0, 0.1) is 0 Å². The Morgan fingerprint density at radius 1 is 1.04 bits per heavy atom. The zero-order chi connectivity index (χ0) is 18.6. The molecule has 24 heavy (non-hydrogen) atoms. The fourth-order valence-electron chi connectivity index (χ4n) is 3.32. The van der Waals surface area contributed by atoms with Crippen molar-refractivity contribution >= 4 is 12.1 Å². The second-order valence-electron chi connectivity index (χ2n) is 8.83. The van der Waals surface area contributed by atoms with Gasteiger partial charge in [0.25, 0.3) is 0 Å². The molecule has 1 aliphatic rings. The minimum Gasteiger partial charge on any atom is -0.444 e. The zero-order valence-corrected chi connectivity index (χ0v) is 16.1. The fourth-order valence-corrected chi connectivity index (χ4v) is 3.32. The summed E-state index contributed by atoms with van der Waals surface area (Å²) in [6.45, 7) is 14.7. The zero-order valence-electron chi connectivity index (χ0n) is 16.1. The molecule has 0 radical (unpaired) electrons. The van der Waals surface area contributed by atoms with Gasteiger partial charge in [0.15, 0.2) is 0 Å². The molecule has 0 bridgehead atoms. The number of carbonyl (C=O) groups excluding carboxylic acids is 2. The molecule has 7 heteroatoms. The maximum absolute atomic E-state index is 12.0. The number of hydrogen-bond acceptors (Lipinski definition) is 4. The number of ether oxygens (including phenoxy) is 1. The van der Waals surface area contributed by atoms with Crippen molar-refractivity contribution in [3.05, 3.63) is 0 Å². The number of rotatable bonds is 4. The van der Waals surface area contributed by atoms with Crippen LogP contribution in [-0.4, -0.2) is 47.9 Å². The van der Waals surface area contributed by atoms with Gasteiger partial charge in [0, 0.05) is 30.2 Å². The predicted molar refractivity (Wildman–Crippen MR) is 95.1 cm³/mol. The normalized spacial score (nSPS) is 20.1. The third-order valence-electron chi connectivity index (χ3n) is 3.60. The average molecular weight is 342 g/mol. The van der Waals surface area contributed by atoms with E-state index < -0.39 is 11.7 Å². The molecule has 0 aromatic rings. The molecule has 1 aliphatic heterocycles. The number of piperidine rings is 1. The van der Waals surface area contributed by atoms with Crippen molar-refractivity contribution in [1.82, 2.24) is 21.3 Å². The highest BCUT2D eigenvalue weighted by Gasteiger charge is 2.38. The van der Waals surface area contributed by atoms with E-state index in [-0.39, 0.29) is 23.2 Å². The number of urea groups is 1. The van der Waals surface area contributed by atoms with Crippen molar-refractivity contribution in [2.24, 2.45) is 0 Å². The van der Waals surface area contributed by atoms with E-state index in [1.807, 2.05) is 0 Å². The van der Waals surface area contributed by atoms with Crippen molar-refractivity contribution in [2.45, 2.75) is 84.0 Å². The van der Waals surface area contributed by atoms with Gasteiger partial charge in [-0.05, 0) is 61.3 Å². The van der Waals surface area contributed by atoms with E-state index in [0.29, 0.717) is 13.1 Å². The third kappa shape index (κ3) is 8.38. The van der Waals surface area contributed by atoms with Crippen LogP contribution >= 0.6 is 0 Å². The molecule has 1 saturated heterocycles. The van der Waals surface area contributed by atoms with Crippen LogP contribution in [0.4, 0.5) is 9.59 Å². The molecule has 140 valence electrons. The second-order valence-corrected chi connectivity index (χ2v) is 8.83. The molecular formula is C17H34N4O3. The van der Waals surface area contributed by atoms with E-state index in [2.05, 4.69) is 49.0 Å². The first-order valence-corrected chi connectivity index (χ1v) is 8.59. The molecule has 0 aliphatic carbocycles. The lowest BCUT2D eigenvalue weighted by Gasteiger charge is -2.46. The van der Waals surface area contributed by atoms with Crippen molar-refractivity contribution in [2.75, 3.05) is 13.1 Å². The van der Waals surface area contributed by atoms with E-state index >= 15 is 0 Å². The first-order chi connectivity index (χ1) is 10.8. The van der Waals surface area contributed by atoms with Gasteiger partial charge in [-0.25, -0.2) is 9.59 Å². The lowest BCUT2D eigenvalue weighted by Crippen LogP contribution is -2.62. The summed E-state index contributed by atoms with van der Waals surface area (Å²) < 4.78 is 5.13. The summed E-state index contributed by atoms with van der Waals surface area (Å²) in [4.78, 5) is 23.5. The second kappa shape index (κ2) is 7.59. The quantitative estimate of drug-likeness (QED) is 0.589. The molecule has 3 amide bonds. The van der Waals surface area contributed by atoms with Crippen molar-refractivity contribution < 1.29 is 14.3 Å². The molecule has 0 saturated carbocycles. The molecule has 7 nitrogen and oxygen atoms in total. The van der Waals surface area contributed by atoms with Crippen molar-refractivity contribution in [1.29, 1.82) is 0 Å². The Morgan fingerprint density at radius 3 is 2.04 bits per heavy atom. The summed E-state index contributed by atoms with van der Waals surface area (Å²) in [5.41, 5.74) is -0.556. The van der Waals surface area contributed by atoms with Gasteiger partial charge in [-0.3, -0.25) is 0 Å². The van der Waals surface area contributed by atoms with Crippen LogP contribution in [0.2, 0.25) is 0 Å². The van der Waals surface area contributed by atoms with Gasteiger partial charge in [-0.15, -0.1) is 0 Å². The fraction of sp³-hybridized carbons (Fsp3) is 0.882. The topological polar surface area (TPSA) is 91.5 Å². The monoisotopic (exact) mass is 342 g/mol. The minimum atomic E-state index is -0.524. The van der Waals surface area contributed by atoms with Gasteiger partial charge in [0.2, 0.25) is 0 Å². The average Bonchev–Trinajstić information content (AvgIpc) is 2.28. The van der Waals surface area contributed by atoms with Gasteiger partial charge in [-0.1, -0.05) is 0 Å². The van der Waals surface area contributed by atoms with E-state index in [1.165, 1.54) is 0 Å². The molecule has 4 N–H and O–H groups in total. The molecular weight excluding hydrogens is 308 g/mol. The van der Waals surface area contributed by atoms with Gasteiger partial charge >= 0.3 is 12.1 Å². The summed E-state index contributed by atoms with van der Waals surface area (Å²) in [5.74, 6) is 0. The largest absolute Gasteiger partial charge is 0.444 e. The lowest BCUT2D eigenvalue weighted by molar-refractivity contribution is 0.0528. The molecule has 0 spiro atoms. The molecule has 1 rings (SSSR count). The molecule has 0 unspecified atom stereocenters. The summed E-state index contributed by atoms with van der Waals surface area (Å²) in [7, 11) is 0. The minimum absolute atomic E-state index is 0.0159. The lowest BCUT2D eigenvalue weighted by atomic mass is 9.80. The Labute approximate surface area is 145 Å². The Hall–Kier alpha value is -1.50. The van der Waals surface area contributed by atoms with Crippen LogP contribution in [0.15, 0.2) is 0 Å². The Morgan fingerprint density at radius 2 is 1.54 bits per heavy atom. The van der Waals surface area contributed by atoms with Crippen LogP contribution in [0.3, 0.4) is 0 Å². The molecule has 0 aromatic carbocycles. The maximum Gasteiger partial charge on any atom is 0.407 e. The Bertz CT molecular complexity index is 439. The van der Waals surface area contributed by atoms with E-state index in [0.717, 1.165) is 12.8 Å². The molecule has 0 aromatic heterocycles. The van der Waals surface area contributed by atoms with Crippen LogP contribution in [0.5, 0.6) is 0 Å².